The van der Waals surface area contributed by atoms with E-state index in [9.17, 15) is 5.26 Å². The number of thiophene rings is 1. The van der Waals surface area contributed by atoms with Crippen LogP contribution in [0.5, 0.6) is 11.5 Å². The summed E-state index contributed by atoms with van der Waals surface area (Å²) >= 11 is 1.65. The van der Waals surface area contributed by atoms with Gasteiger partial charge in [0.1, 0.15) is 11.1 Å². The predicted octanol–water partition coefficient (Wildman–Crippen LogP) is 5.04. The highest BCUT2D eigenvalue weighted by molar-refractivity contribution is 7.16. The Morgan fingerprint density at radius 1 is 1.24 bits per heavy atom. The lowest BCUT2D eigenvalue weighted by Crippen LogP contribution is -2.06. The zero-order chi connectivity index (χ0) is 17.8. The molecule has 1 aromatic heterocycles. The van der Waals surface area contributed by atoms with Gasteiger partial charge in [-0.2, -0.15) is 5.26 Å². The van der Waals surface area contributed by atoms with Gasteiger partial charge in [-0.25, -0.2) is 4.99 Å². The largest absolute Gasteiger partial charge is 0.493 e. The van der Waals surface area contributed by atoms with E-state index >= 15 is 0 Å². The summed E-state index contributed by atoms with van der Waals surface area (Å²) in [7, 11) is 1.63. The second kappa shape index (κ2) is 7.71. The fourth-order valence-corrected chi connectivity index (χ4v) is 4.19. The van der Waals surface area contributed by atoms with Crippen LogP contribution in [0.1, 0.15) is 48.3 Å². The van der Waals surface area contributed by atoms with Gasteiger partial charge in [0.2, 0.25) is 0 Å². The minimum absolute atomic E-state index is 0.0871. The summed E-state index contributed by atoms with van der Waals surface area (Å²) in [5.41, 5.74) is 2.88. The van der Waals surface area contributed by atoms with E-state index in [2.05, 4.69) is 11.1 Å². The number of hydrogen-bond donors (Lipinski definition) is 0. The van der Waals surface area contributed by atoms with Crippen molar-refractivity contribution >= 4 is 22.6 Å². The maximum Gasteiger partial charge on any atom is 0.161 e. The molecule has 0 spiro atoms. The van der Waals surface area contributed by atoms with E-state index < -0.39 is 0 Å². The minimum atomic E-state index is 0.0871. The van der Waals surface area contributed by atoms with Crippen molar-refractivity contribution in [2.24, 2.45) is 4.99 Å². The van der Waals surface area contributed by atoms with Crippen LogP contribution in [0.15, 0.2) is 23.2 Å². The molecule has 0 fully saturated rings. The van der Waals surface area contributed by atoms with E-state index in [1.165, 1.54) is 16.9 Å². The molecule has 1 heterocycles. The summed E-state index contributed by atoms with van der Waals surface area (Å²) in [6.07, 6.45) is 6.31. The van der Waals surface area contributed by atoms with Crippen molar-refractivity contribution in [3.05, 3.63) is 39.8 Å². The Bertz CT molecular complexity index is 831. The Labute approximate surface area is 152 Å². The predicted molar refractivity (Wildman–Crippen MR) is 102 cm³/mol. The van der Waals surface area contributed by atoms with Crippen LogP contribution in [0, 0.1) is 11.3 Å². The molecule has 0 radical (unpaired) electrons. The number of rotatable bonds is 5. The lowest BCUT2D eigenvalue weighted by Gasteiger charge is -2.13. The maximum absolute atomic E-state index is 9.51. The summed E-state index contributed by atoms with van der Waals surface area (Å²) in [6, 6.07) is 8.09. The SMILES string of the molecule is COc1cc(/C=N/c2sc3c(c2C#N)CCCC3)ccc1OC(C)C. The third-order valence-corrected chi connectivity index (χ3v) is 5.35. The van der Waals surface area contributed by atoms with Crippen LogP contribution in [-0.2, 0) is 12.8 Å². The highest BCUT2D eigenvalue weighted by Crippen LogP contribution is 2.39. The summed E-state index contributed by atoms with van der Waals surface area (Å²) in [5, 5.41) is 10.3. The molecular weight excluding hydrogens is 332 g/mol. The van der Waals surface area contributed by atoms with Crippen molar-refractivity contribution in [2.45, 2.75) is 45.6 Å². The maximum atomic E-state index is 9.51. The molecule has 4 nitrogen and oxygen atoms in total. The number of ether oxygens (including phenoxy) is 2. The molecule has 3 rings (SSSR count). The number of fused-ring (bicyclic) bond motifs is 1. The normalized spacial score (nSPS) is 13.7. The van der Waals surface area contributed by atoms with Gasteiger partial charge in [-0.3, -0.25) is 0 Å². The molecule has 25 heavy (non-hydrogen) atoms. The van der Waals surface area contributed by atoms with Gasteiger partial charge >= 0.3 is 0 Å². The standard InChI is InChI=1S/C20H22N2O2S/c1-13(2)24-17-9-8-14(10-18(17)23-3)12-22-20-16(11-21)15-6-4-5-7-19(15)25-20/h8-10,12-13H,4-7H2,1-3H3/b22-12+. The zero-order valence-corrected chi connectivity index (χ0v) is 15.7. The molecule has 0 amide bonds. The molecule has 0 saturated heterocycles. The van der Waals surface area contributed by atoms with E-state index in [4.69, 9.17) is 9.47 Å². The average molecular weight is 354 g/mol. The Balaban J connectivity index is 1.87. The summed E-state index contributed by atoms with van der Waals surface area (Å²) in [5.74, 6) is 1.41. The van der Waals surface area contributed by atoms with E-state index in [0.717, 1.165) is 41.1 Å². The molecule has 2 aromatic rings. The highest BCUT2D eigenvalue weighted by Gasteiger charge is 2.20. The molecule has 130 valence electrons. The van der Waals surface area contributed by atoms with Crippen LogP contribution < -0.4 is 9.47 Å². The zero-order valence-electron chi connectivity index (χ0n) is 14.8. The van der Waals surface area contributed by atoms with Gasteiger partial charge < -0.3 is 9.47 Å². The lowest BCUT2D eigenvalue weighted by molar-refractivity contribution is 0.230. The van der Waals surface area contributed by atoms with E-state index in [-0.39, 0.29) is 6.10 Å². The van der Waals surface area contributed by atoms with Crippen LogP contribution in [0.25, 0.3) is 0 Å². The first-order valence-corrected chi connectivity index (χ1v) is 9.37. The first-order valence-electron chi connectivity index (χ1n) is 8.55. The molecule has 0 bridgehead atoms. The molecule has 0 N–H and O–H groups in total. The average Bonchev–Trinajstić information content (AvgIpc) is 2.97. The van der Waals surface area contributed by atoms with Gasteiger partial charge in [-0.15, -0.1) is 11.3 Å². The van der Waals surface area contributed by atoms with Gasteiger partial charge in [0.05, 0.1) is 18.8 Å². The molecular formula is C20H22N2O2S. The van der Waals surface area contributed by atoms with Gasteiger partial charge in [0.15, 0.2) is 11.5 Å². The topological polar surface area (TPSA) is 54.6 Å². The molecule has 1 aliphatic rings. The fraction of sp³-hybridized carbons (Fsp3) is 0.400. The first kappa shape index (κ1) is 17.5. The van der Waals surface area contributed by atoms with Crippen molar-refractivity contribution in [1.82, 2.24) is 0 Å². The second-order valence-corrected chi connectivity index (χ2v) is 7.42. The van der Waals surface area contributed by atoms with Crippen molar-refractivity contribution in [3.63, 3.8) is 0 Å². The third kappa shape index (κ3) is 3.85. The van der Waals surface area contributed by atoms with Crippen LogP contribution >= 0.6 is 11.3 Å². The number of aliphatic imine (C=N–C) groups is 1. The van der Waals surface area contributed by atoms with E-state index in [1.54, 1.807) is 24.7 Å². The Kier molecular flexibility index (Phi) is 5.40. The summed E-state index contributed by atoms with van der Waals surface area (Å²) < 4.78 is 11.1. The van der Waals surface area contributed by atoms with Crippen LogP contribution in [0.2, 0.25) is 0 Å². The molecule has 1 aliphatic carbocycles. The van der Waals surface area contributed by atoms with Crippen LogP contribution in [-0.4, -0.2) is 19.4 Å². The van der Waals surface area contributed by atoms with E-state index in [0.29, 0.717) is 5.75 Å². The molecule has 5 heteroatoms. The van der Waals surface area contributed by atoms with Crippen molar-refractivity contribution in [2.75, 3.05) is 7.11 Å². The molecule has 1 aromatic carbocycles. The molecule has 0 unspecified atom stereocenters. The highest BCUT2D eigenvalue weighted by atomic mass is 32.1. The second-order valence-electron chi connectivity index (χ2n) is 6.34. The molecule has 0 saturated carbocycles. The van der Waals surface area contributed by atoms with Crippen LogP contribution in [0.4, 0.5) is 5.00 Å². The molecule has 0 aliphatic heterocycles. The van der Waals surface area contributed by atoms with Crippen molar-refractivity contribution < 1.29 is 9.47 Å². The number of aryl methyl sites for hydroxylation is 1. The number of hydrogen-bond acceptors (Lipinski definition) is 5. The number of nitrogens with zero attached hydrogens (tertiary/aromatic N) is 2. The van der Waals surface area contributed by atoms with Gasteiger partial charge in [0, 0.05) is 11.1 Å². The number of benzene rings is 1. The van der Waals surface area contributed by atoms with Gasteiger partial charge in [0.25, 0.3) is 0 Å². The third-order valence-electron chi connectivity index (χ3n) is 4.15. The van der Waals surface area contributed by atoms with Crippen LogP contribution in [0.3, 0.4) is 0 Å². The Morgan fingerprint density at radius 2 is 2.04 bits per heavy atom. The minimum Gasteiger partial charge on any atom is -0.493 e. The number of methoxy groups -OCH3 is 1. The monoisotopic (exact) mass is 354 g/mol. The summed E-state index contributed by atoms with van der Waals surface area (Å²) in [4.78, 5) is 5.92. The first-order chi connectivity index (χ1) is 12.1. The van der Waals surface area contributed by atoms with Gasteiger partial charge in [-0.1, -0.05) is 0 Å². The van der Waals surface area contributed by atoms with Crippen molar-refractivity contribution in [3.8, 4) is 17.6 Å². The van der Waals surface area contributed by atoms with E-state index in [1.807, 2.05) is 32.0 Å². The quantitative estimate of drug-likeness (QED) is 0.706. The fourth-order valence-electron chi connectivity index (χ4n) is 3.01. The Hall–Kier alpha value is -2.32. The van der Waals surface area contributed by atoms with Gasteiger partial charge in [-0.05, 0) is 68.9 Å². The lowest BCUT2D eigenvalue weighted by atomic mass is 9.96. The van der Waals surface area contributed by atoms with Crippen molar-refractivity contribution in [1.29, 1.82) is 5.26 Å². The molecule has 0 atom stereocenters. The number of nitriles is 1. The summed E-state index contributed by atoms with van der Waals surface area (Å²) in [6.45, 7) is 3.97. The smallest absolute Gasteiger partial charge is 0.161 e. The Morgan fingerprint density at radius 3 is 2.76 bits per heavy atom.